The van der Waals surface area contributed by atoms with Crippen molar-refractivity contribution in [1.29, 1.82) is 0 Å². The van der Waals surface area contributed by atoms with Crippen molar-refractivity contribution in [3.8, 4) is 0 Å². The second kappa shape index (κ2) is 5.27. The largest absolute Gasteiger partial charge is 0.327 e. The SMILES string of the molecule is N[C@H]1CCCN(Cc2cnc(Cl)nc2Cl)C1. The van der Waals surface area contributed by atoms with E-state index >= 15 is 0 Å². The Morgan fingerprint density at radius 3 is 3.00 bits per heavy atom. The summed E-state index contributed by atoms with van der Waals surface area (Å²) in [6.45, 7) is 2.69. The molecule has 1 saturated heterocycles. The summed E-state index contributed by atoms with van der Waals surface area (Å²) in [5.74, 6) is 0. The Labute approximate surface area is 105 Å². The molecule has 1 aliphatic heterocycles. The molecule has 0 aliphatic carbocycles. The zero-order chi connectivity index (χ0) is 11.5. The molecule has 1 atom stereocenters. The third-order valence-electron chi connectivity index (χ3n) is 2.72. The number of nitrogens with zero attached hydrogens (tertiary/aromatic N) is 3. The minimum atomic E-state index is 0.184. The van der Waals surface area contributed by atoms with Gasteiger partial charge in [0, 0.05) is 30.9 Å². The molecule has 0 unspecified atom stereocenters. The van der Waals surface area contributed by atoms with E-state index in [-0.39, 0.29) is 11.3 Å². The molecule has 2 heterocycles. The van der Waals surface area contributed by atoms with E-state index in [1.165, 1.54) is 0 Å². The number of nitrogens with two attached hydrogens (primary N) is 1. The number of rotatable bonds is 2. The van der Waals surface area contributed by atoms with Gasteiger partial charge in [-0.1, -0.05) is 11.6 Å². The molecule has 1 aliphatic rings. The maximum absolute atomic E-state index is 5.99. The van der Waals surface area contributed by atoms with Crippen LogP contribution in [0, 0.1) is 0 Å². The molecule has 0 radical (unpaired) electrons. The second-order valence-electron chi connectivity index (χ2n) is 4.09. The molecule has 2 rings (SSSR count). The van der Waals surface area contributed by atoms with Crippen LogP contribution >= 0.6 is 23.2 Å². The van der Waals surface area contributed by atoms with Gasteiger partial charge in [0.1, 0.15) is 5.15 Å². The molecule has 1 fully saturated rings. The van der Waals surface area contributed by atoms with Gasteiger partial charge in [-0.25, -0.2) is 9.97 Å². The standard InChI is InChI=1S/C10H14Cl2N4/c11-9-7(4-14-10(12)15-9)5-16-3-1-2-8(13)6-16/h4,8H,1-3,5-6,13H2/t8-/m0/s1. The van der Waals surface area contributed by atoms with Crippen LogP contribution in [-0.2, 0) is 6.54 Å². The Balaban J connectivity index is 2.02. The van der Waals surface area contributed by atoms with Crippen molar-refractivity contribution in [3.05, 3.63) is 22.2 Å². The normalized spacial score (nSPS) is 22.3. The summed E-state index contributed by atoms with van der Waals surface area (Å²) in [6, 6.07) is 0.265. The minimum Gasteiger partial charge on any atom is -0.327 e. The van der Waals surface area contributed by atoms with Crippen LogP contribution in [-0.4, -0.2) is 34.0 Å². The third kappa shape index (κ3) is 3.04. The van der Waals surface area contributed by atoms with Gasteiger partial charge in [-0.3, -0.25) is 4.90 Å². The minimum absolute atomic E-state index is 0.184. The quantitative estimate of drug-likeness (QED) is 0.650. The number of likely N-dealkylation sites (tertiary alicyclic amines) is 1. The van der Waals surface area contributed by atoms with Crippen molar-refractivity contribution in [2.45, 2.75) is 25.4 Å². The van der Waals surface area contributed by atoms with Crippen LogP contribution in [0.25, 0.3) is 0 Å². The van der Waals surface area contributed by atoms with Gasteiger partial charge < -0.3 is 5.73 Å². The van der Waals surface area contributed by atoms with Gasteiger partial charge in [0.25, 0.3) is 0 Å². The number of piperidine rings is 1. The first-order valence-electron chi connectivity index (χ1n) is 5.30. The van der Waals surface area contributed by atoms with Crippen molar-refractivity contribution in [1.82, 2.24) is 14.9 Å². The van der Waals surface area contributed by atoms with Crippen LogP contribution < -0.4 is 5.73 Å². The smallest absolute Gasteiger partial charge is 0.223 e. The van der Waals surface area contributed by atoms with Crippen LogP contribution in [0.2, 0.25) is 10.4 Å². The van der Waals surface area contributed by atoms with E-state index in [4.69, 9.17) is 28.9 Å². The average Bonchev–Trinajstić information content (AvgIpc) is 2.22. The fourth-order valence-electron chi connectivity index (χ4n) is 1.95. The molecule has 4 nitrogen and oxygen atoms in total. The van der Waals surface area contributed by atoms with Gasteiger partial charge in [0.15, 0.2) is 0 Å². The third-order valence-corrected chi connectivity index (χ3v) is 3.23. The molecule has 88 valence electrons. The molecule has 0 spiro atoms. The van der Waals surface area contributed by atoms with Gasteiger partial charge in [0.05, 0.1) is 0 Å². The topological polar surface area (TPSA) is 55.0 Å². The van der Waals surface area contributed by atoms with E-state index in [9.17, 15) is 0 Å². The van der Waals surface area contributed by atoms with Crippen LogP contribution in [0.15, 0.2) is 6.20 Å². The zero-order valence-corrected chi connectivity index (χ0v) is 10.4. The van der Waals surface area contributed by atoms with E-state index in [1.54, 1.807) is 6.20 Å². The second-order valence-corrected chi connectivity index (χ2v) is 4.79. The highest BCUT2D eigenvalue weighted by atomic mass is 35.5. The maximum Gasteiger partial charge on any atom is 0.223 e. The van der Waals surface area contributed by atoms with Crippen LogP contribution in [0.3, 0.4) is 0 Å². The summed E-state index contributed by atoms with van der Waals surface area (Å²) in [5, 5.41) is 0.614. The first kappa shape index (κ1) is 12.0. The van der Waals surface area contributed by atoms with Crippen molar-refractivity contribution < 1.29 is 0 Å². The van der Waals surface area contributed by atoms with Gasteiger partial charge in [0.2, 0.25) is 5.28 Å². The summed E-state index contributed by atoms with van der Waals surface area (Å²) in [6.07, 6.45) is 3.91. The highest BCUT2D eigenvalue weighted by Gasteiger charge is 2.18. The average molecular weight is 261 g/mol. The zero-order valence-electron chi connectivity index (χ0n) is 8.87. The first-order valence-corrected chi connectivity index (χ1v) is 6.05. The summed E-state index contributed by atoms with van der Waals surface area (Å²) >= 11 is 11.6. The molecule has 6 heteroatoms. The predicted molar refractivity (Wildman–Crippen MR) is 64.5 cm³/mol. The summed E-state index contributed by atoms with van der Waals surface area (Å²) in [5.41, 5.74) is 6.82. The lowest BCUT2D eigenvalue weighted by molar-refractivity contribution is 0.201. The Morgan fingerprint density at radius 2 is 2.31 bits per heavy atom. The van der Waals surface area contributed by atoms with E-state index in [0.717, 1.165) is 38.0 Å². The lowest BCUT2D eigenvalue weighted by atomic mass is 10.1. The van der Waals surface area contributed by atoms with Crippen molar-refractivity contribution in [3.63, 3.8) is 0 Å². The monoisotopic (exact) mass is 260 g/mol. The van der Waals surface area contributed by atoms with Crippen LogP contribution in [0.4, 0.5) is 0 Å². The Kier molecular flexibility index (Phi) is 3.97. The molecule has 1 aromatic rings. The first-order chi connectivity index (χ1) is 7.65. The van der Waals surface area contributed by atoms with E-state index in [1.807, 2.05) is 0 Å². The summed E-state index contributed by atoms with van der Waals surface area (Å²) < 4.78 is 0. The highest BCUT2D eigenvalue weighted by Crippen LogP contribution is 2.18. The molecular weight excluding hydrogens is 247 g/mol. The molecule has 0 bridgehead atoms. The van der Waals surface area contributed by atoms with E-state index < -0.39 is 0 Å². The number of aromatic nitrogens is 2. The van der Waals surface area contributed by atoms with Crippen molar-refractivity contribution >= 4 is 23.2 Å². The Bertz CT molecular complexity index is 372. The molecule has 2 N–H and O–H groups in total. The van der Waals surface area contributed by atoms with Crippen molar-refractivity contribution in [2.24, 2.45) is 5.73 Å². The predicted octanol–water partition coefficient (Wildman–Crippen LogP) is 1.71. The Morgan fingerprint density at radius 1 is 1.50 bits per heavy atom. The fraction of sp³-hybridized carbons (Fsp3) is 0.600. The van der Waals surface area contributed by atoms with E-state index in [0.29, 0.717) is 5.15 Å². The molecule has 0 aromatic carbocycles. The van der Waals surface area contributed by atoms with Gasteiger partial charge in [-0.05, 0) is 31.0 Å². The molecular formula is C10H14Cl2N4. The highest BCUT2D eigenvalue weighted by molar-refractivity contribution is 6.32. The van der Waals surface area contributed by atoms with Gasteiger partial charge in [-0.2, -0.15) is 0 Å². The molecule has 1 aromatic heterocycles. The van der Waals surface area contributed by atoms with E-state index in [2.05, 4.69) is 14.9 Å². The van der Waals surface area contributed by atoms with Crippen LogP contribution in [0.1, 0.15) is 18.4 Å². The number of hydrogen-bond donors (Lipinski definition) is 1. The van der Waals surface area contributed by atoms with Crippen molar-refractivity contribution in [2.75, 3.05) is 13.1 Å². The number of hydrogen-bond acceptors (Lipinski definition) is 4. The maximum atomic E-state index is 5.99. The lowest BCUT2D eigenvalue weighted by Gasteiger charge is -2.30. The lowest BCUT2D eigenvalue weighted by Crippen LogP contribution is -2.42. The molecule has 0 amide bonds. The van der Waals surface area contributed by atoms with Crippen LogP contribution in [0.5, 0.6) is 0 Å². The molecule has 0 saturated carbocycles. The summed E-state index contributed by atoms with van der Waals surface area (Å²) in [7, 11) is 0. The van der Waals surface area contributed by atoms with Gasteiger partial charge in [-0.15, -0.1) is 0 Å². The summed E-state index contributed by atoms with van der Waals surface area (Å²) in [4.78, 5) is 10.1. The number of halogens is 2. The van der Waals surface area contributed by atoms with Gasteiger partial charge >= 0.3 is 0 Å². The Hall–Kier alpha value is -0.420. The molecule has 16 heavy (non-hydrogen) atoms. The fourth-order valence-corrected chi connectivity index (χ4v) is 2.31.